The highest BCUT2D eigenvalue weighted by atomic mass is 35.5. The zero-order chi connectivity index (χ0) is 15.2. The zero-order valence-corrected chi connectivity index (χ0v) is 12.4. The van der Waals surface area contributed by atoms with Crippen LogP contribution in [0.4, 0.5) is 0 Å². The van der Waals surface area contributed by atoms with Gasteiger partial charge in [0.15, 0.2) is 0 Å². The average Bonchev–Trinajstić information content (AvgIpc) is 2.39. The Hall–Kier alpha value is -1.17. The number of benzene rings is 1. The van der Waals surface area contributed by atoms with Crippen LogP contribution >= 0.6 is 11.6 Å². The Balaban J connectivity index is 3.07. The van der Waals surface area contributed by atoms with Gasteiger partial charge in [0.1, 0.15) is 4.90 Å². The van der Waals surface area contributed by atoms with E-state index in [0.29, 0.717) is 0 Å². The largest absolute Gasteiger partial charge is 0.396 e. The van der Waals surface area contributed by atoms with E-state index in [0.717, 1.165) is 0 Å². The van der Waals surface area contributed by atoms with Crippen LogP contribution in [-0.2, 0) is 14.8 Å². The van der Waals surface area contributed by atoms with Gasteiger partial charge in [0.25, 0.3) is 0 Å². The Bertz CT molecular complexity index is 592. The summed E-state index contributed by atoms with van der Waals surface area (Å²) in [6.07, 6.45) is 0.211. The van der Waals surface area contributed by atoms with Crippen molar-refractivity contribution in [2.45, 2.75) is 17.4 Å². The molecule has 0 aromatic heterocycles. The molecule has 1 rings (SSSR count). The van der Waals surface area contributed by atoms with Crippen LogP contribution < -0.4 is 4.72 Å². The second-order valence-electron chi connectivity index (χ2n) is 4.04. The molecule has 2 N–H and O–H groups in total. The fourth-order valence-electron chi connectivity index (χ4n) is 1.60. The summed E-state index contributed by atoms with van der Waals surface area (Å²) in [6, 6.07) is 5.27. The summed E-state index contributed by atoms with van der Waals surface area (Å²) < 4.78 is 31.8. The summed E-state index contributed by atoms with van der Waals surface area (Å²) in [7, 11) is -2.46. The molecule has 0 aliphatic heterocycles. The first-order valence-electron chi connectivity index (χ1n) is 5.76. The first-order chi connectivity index (χ1) is 9.44. The summed E-state index contributed by atoms with van der Waals surface area (Å²) in [5, 5.41) is 17.7. The molecule has 0 radical (unpaired) electrons. The topological polar surface area (TPSA) is 99.4 Å². The molecule has 0 aliphatic rings. The number of aliphatic hydroxyl groups is 1. The monoisotopic (exact) mass is 318 g/mol. The number of nitrogens with zero attached hydrogens (tertiary/aromatic N) is 1. The summed E-state index contributed by atoms with van der Waals surface area (Å²) in [5.74, 6) is 0. The minimum absolute atomic E-state index is 0.0247. The van der Waals surface area contributed by atoms with Gasteiger partial charge in [-0.1, -0.05) is 11.6 Å². The Kier molecular flexibility index (Phi) is 6.39. The van der Waals surface area contributed by atoms with Gasteiger partial charge in [0.2, 0.25) is 10.0 Å². The lowest BCUT2D eigenvalue weighted by molar-refractivity contribution is 0.158. The van der Waals surface area contributed by atoms with Crippen molar-refractivity contribution in [1.82, 2.24) is 4.72 Å². The van der Waals surface area contributed by atoms with Gasteiger partial charge < -0.3 is 9.84 Å². The molecule has 0 fully saturated rings. The number of sulfonamides is 1. The van der Waals surface area contributed by atoms with Gasteiger partial charge >= 0.3 is 0 Å². The summed E-state index contributed by atoms with van der Waals surface area (Å²) in [4.78, 5) is -0.169. The second kappa shape index (κ2) is 7.57. The molecule has 0 amide bonds. The molecule has 0 saturated heterocycles. The summed E-state index contributed by atoms with van der Waals surface area (Å²) >= 11 is 5.87. The zero-order valence-electron chi connectivity index (χ0n) is 10.8. The molecule has 1 atom stereocenters. The third-order valence-electron chi connectivity index (χ3n) is 2.52. The summed E-state index contributed by atoms with van der Waals surface area (Å²) in [5.41, 5.74) is 0.195. The smallest absolute Gasteiger partial charge is 0.242 e. The van der Waals surface area contributed by atoms with Crippen molar-refractivity contribution < 1.29 is 18.3 Å². The van der Waals surface area contributed by atoms with E-state index in [1.54, 1.807) is 0 Å². The molecule has 0 saturated carbocycles. The van der Waals surface area contributed by atoms with E-state index in [4.69, 9.17) is 26.7 Å². The van der Waals surface area contributed by atoms with Crippen molar-refractivity contribution >= 4 is 21.6 Å². The van der Waals surface area contributed by atoms with Gasteiger partial charge in [-0.3, -0.25) is 0 Å². The van der Waals surface area contributed by atoms with E-state index in [2.05, 4.69) is 4.72 Å². The molecule has 0 spiro atoms. The Morgan fingerprint density at radius 3 is 2.80 bits per heavy atom. The molecule has 20 heavy (non-hydrogen) atoms. The number of halogens is 1. The average molecular weight is 319 g/mol. The minimum Gasteiger partial charge on any atom is -0.396 e. The van der Waals surface area contributed by atoms with Gasteiger partial charge in [-0.15, -0.1) is 0 Å². The van der Waals surface area contributed by atoms with Crippen LogP contribution in [0.2, 0.25) is 5.02 Å². The highest BCUT2D eigenvalue weighted by Gasteiger charge is 2.22. The molecule has 6 nitrogen and oxygen atoms in total. The molecule has 1 unspecified atom stereocenters. The normalized spacial score (nSPS) is 12.9. The fraction of sp³-hybridized carbons (Fsp3) is 0.417. The lowest BCUT2D eigenvalue weighted by Gasteiger charge is -2.17. The maximum atomic E-state index is 12.2. The van der Waals surface area contributed by atoms with E-state index in [1.165, 1.54) is 25.3 Å². The van der Waals surface area contributed by atoms with Gasteiger partial charge in [-0.25, -0.2) is 13.1 Å². The summed E-state index contributed by atoms with van der Waals surface area (Å²) in [6.45, 7) is -0.0577. The van der Waals surface area contributed by atoms with Crippen molar-refractivity contribution in [3.05, 3.63) is 28.8 Å². The third kappa shape index (κ3) is 4.44. The first-order valence-corrected chi connectivity index (χ1v) is 7.62. The minimum atomic E-state index is -3.89. The van der Waals surface area contributed by atoms with Crippen LogP contribution in [0.25, 0.3) is 0 Å². The van der Waals surface area contributed by atoms with Crippen molar-refractivity contribution in [2.75, 3.05) is 20.3 Å². The first kappa shape index (κ1) is 16.9. The highest BCUT2D eigenvalue weighted by molar-refractivity contribution is 7.89. The fourth-order valence-corrected chi connectivity index (χ4v) is 3.38. The molecule has 1 aromatic carbocycles. The van der Waals surface area contributed by atoms with Crippen molar-refractivity contribution in [3.8, 4) is 6.07 Å². The number of nitrogens with one attached hydrogen (secondary N) is 1. The lowest BCUT2D eigenvalue weighted by atomic mass is 10.2. The maximum absolute atomic E-state index is 12.2. The Morgan fingerprint density at radius 2 is 2.25 bits per heavy atom. The van der Waals surface area contributed by atoms with E-state index in [-0.39, 0.29) is 35.1 Å². The maximum Gasteiger partial charge on any atom is 0.242 e. The molecule has 110 valence electrons. The van der Waals surface area contributed by atoms with E-state index < -0.39 is 16.1 Å². The van der Waals surface area contributed by atoms with Crippen molar-refractivity contribution in [3.63, 3.8) is 0 Å². The Labute approximate surface area is 123 Å². The van der Waals surface area contributed by atoms with Crippen LogP contribution in [0.5, 0.6) is 0 Å². The quantitative estimate of drug-likeness (QED) is 0.777. The number of hydrogen-bond acceptors (Lipinski definition) is 5. The molecule has 0 heterocycles. The molecular weight excluding hydrogens is 304 g/mol. The predicted octanol–water partition coefficient (Wildman–Crippen LogP) is 0.887. The number of ether oxygens (including phenoxy) is 1. The van der Waals surface area contributed by atoms with Crippen LogP contribution in [-0.4, -0.2) is 39.9 Å². The van der Waals surface area contributed by atoms with E-state index in [1.807, 2.05) is 6.07 Å². The van der Waals surface area contributed by atoms with Crippen molar-refractivity contribution in [2.24, 2.45) is 0 Å². The van der Waals surface area contributed by atoms with E-state index >= 15 is 0 Å². The molecule has 8 heteroatoms. The second-order valence-corrected chi connectivity index (χ2v) is 6.13. The van der Waals surface area contributed by atoms with Crippen LogP contribution in [0.3, 0.4) is 0 Å². The molecule has 1 aromatic rings. The van der Waals surface area contributed by atoms with Gasteiger partial charge in [-0.2, -0.15) is 5.26 Å². The van der Waals surface area contributed by atoms with Crippen LogP contribution in [0, 0.1) is 11.3 Å². The molecule has 0 aliphatic carbocycles. The third-order valence-corrected chi connectivity index (χ3v) is 4.52. The van der Waals surface area contributed by atoms with Crippen molar-refractivity contribution in [1.29, 1.82) is 5.26 Å². The molecular formula is C12H15ClN2O4S. The number of nitriles is 1. The number of aliphatic hydroxyl groups excluding tert-OH is 1. The number of hydrogen-bond donors (Lipinski definition) is 2. The van der Waals surface area contributed by atoms with Crippen LogP contribution in [0.15, 0.2) is 23.1 Å². The van der Waals surface area contributed by atoms with Gasteiger partial charge in [0.05, 0.1) is 23.3 Å². The van der Waals surface area contributed by atoms with Gasteiger partial charge in [0, 0.05) is 19.8 Å². The SMILES string of the molecule is COCC(CCO)NS(=O)(=O)c1cc(C#N)ccc1Cl. The number of methoxy groups -OCH3 is 1. The Morgan fingerprint density at radius 1 is 1.55 bits per heavy atom. The lowest BCUT2D eigenvalue weighted by Crippen LogP contribution is -2.38. The predicted molar refractivity (Wildman–Crippen MR) is 73.9 cm³/mol. The molecule has 0 bridgehead atoms. The van der Waals surface area contributed by atoms with Gasteiger partial charge in [-0.05, 0) is 24.6 Å². The highest BCUT2D eigenvalue weighted by Crippen LogP contribution is 2.22. The number of rotatable bonds is 7. The standard InChI is InChI=1S/C12H15ClN2O4S/c1-19-8-10(4-5-16)15-20(17,18)12-6-9(7-14)2-3-11(12)13/h2-3,6,10,15-16H,4-5,8H2,1H3. The van der Waals surface area contributed by atoms with Crippen LogP contribution in [0.1, 0.15) is 12.0 Å². The van der Waals surface area contributed by atoms with E-state index in [9.17, 15) is 8.42 Å².